The Morgan fingerprint density at radius 2 is 1.73 bits per heavy atom. The summed E-state index contributed by atoms with van der Waals surface area (Å²) < 4.78 is 0. The predicted octanol–water partition coefficient (Wildman–Crippen LogP) is 3.97. The van der Waals surface area contributed by atoms with E-state index < -0.39 is 0 Å². The summed E-state index contributed by atoms with van der Waals surface area (Å²) in [5.74, 6) is 0.930. The highest BCUT2D eigenvalue weighted by Gasteiger charge is 2.33. The van der Waals surface area contributed by atoms with E-state index in [1.807, 2.05) is 0 Å². The molecule has 0 aliphatic heterocycles. The zero-order valence-corrected chi connectivity index (χ0v) is 11.1. The van der Waals surface area contributed by atoms with Gasteiger partial charge in [-0.25, -0.2) is 0 Å². The molecule has 1 rings (SSSR count). The van der Waals surface area contributed by atoms with Crippen LogP contribution in [0.1, 0.15) is 66.2 Å². The maximum atomic E-state index is 6.01. The molecule has 1 aliphatic carbocycles. The van der Waals surface area contributed by atoms with Crippen molar-refractivity contribution >= 4 is 0 Å². The van der Waals surface area contributed by atoms with Gasteiger partial charge >= 0.3 is 0 Å². The molecule has 1 heteroatoms. The maximum absolute atomic E-state index is 6.01. The SMILES string of the molecule is CC1CCC(CN)(CCC(C)(C)C)CC1. The first-order valence-corrected chi connectivity index (χ1v) is 6.57. The fraction of sp³-hybridized carbons (Fsp3) is 1.00. The summed E-state index contributed by atoms with van der Waals surface area (Å²) in [6.07, 6.45) is 8.16. The first-order valence-electron chi connectivity index (χ1n) is 6.57. The van der Waals surface area contributed by atoms with Crippen molar-refractivity contribution in [1.29, 1.82) is 0 Å². The summed E-state index contributed by atoms with van der Waals surface area (Å²) in [6.45, 7) is 10.3. The number of nitrogens with two attached hydrogens (primary N) is 1. The molecule has 1 nitrogen and oxygen atoms in total. The number of rotatable bonds is 3. The summed E-state index contributed by atoms with van der Waals surface area (Å²) in [4.78, 5) is 0. The van der Waals surface area contributed by atoms with Gasteiger partial charge in [0, 0.05) is 0 Å². The van der Waals surface area contributed by atoms with Gasteiger partial charge in [-0.05, 0) is 49.0 Å². The number of hydrogen-bond donors (Lipinski definition) is 1. The van der Waals surface area contributed by atoms with E-state index in [4.69, 9.17) is 5.73 Å². The minimum Gasteiger partial charge on any atom is -0.330 e. The van der Waals surface area contributed by atoms with E-state index in [1.165, 1.54) is 38.5 Å². The third-order valence-corrected chi connectivity index (χ3v) is 4.17. The van der Waals surface area contributed by atoms with Crippen molar-refractivity contribution < 1.29 is 0 Å². The van der Waals surface area contributed by atoms with Crippen LogP contribution in [0.3, 0.4) is 0 Å². The molecule has 15 heavy (non-hydrogen) atoms. The van der Waals surface area contributed by atoms with Crippen LogP contribution in [0.15, 0.2) is 0 Å². The molecule has 0 amide bonds. The Bertz CT molecular complexity index is 182. The van der Waals surface area contributed by atoms with Crippen LogP contribution >= 0.6 is 0 Å². The highest BCUT2D eigenvalue weighted by atomic mass is 14.6. The molecule has 0 heterocycles. The summed E-state index contributed by atoms with van der Waals surface area (Å²) in [6, 6.07) is 0. The van der Waals surface area contributed by atoms with Crippen LogP contribution < -0.4 is 5.73 Å². The standard InChI is InChI=1S/C14H29N/c1-12-5-7-14(11-15,8-6-12)10-9-13(2,3)4/h12H,5-11,15H2,1-4H3. The fourth-order valence-electron chi connectivity index (χ4n) is 2.57. The van der Waals surface area contributed by atoms with Crippen LogP contribution in [-0.2, 0) is 0 Å². The smallest absolute Gasteiger partial charge is 0.00205 e. The van der Waals surface area contributed by atoms with Gasteiger partial charge in [0.05, 0.1) is 0 Å². The average Bonchev–Trinajstić information content (AvgIpc) is 2.17. The second kappa shape index (κ2) is 4.86. The molecule has 0 atom stereocenters. The van der Waals surface area contributed by atoms with E-state index in [0.717, 1.165) is 12.5 Å². The molecular formula is C14H29N. The molecule has 0 bridgehead atoms. The highest BCUT2D eigenvalue weighted by molar-refractivity contribution is 4.86. The van der Waals surface area contributed by atoms with Gasteiger partial charge in [-0.15, -0.1) is 0 Å². The van der Waals surface area contributed by atoms with Crippen molar-refractivity contribution in [3.63, 3.8) is 0 Å². The summed E-state index contributed by atoms with van der Waals surface area (Å²) in [5, 5.41) is 0. The van der Waals surface area contributed by atoms with Crippen LogP contribution in [0.2, 0.25) is 0 Å². The van der Waals surface area contributed by atoms with Gasteiger partial charge in [0.2, 0.25) is 0 Å². The van der Waals surface area contributed by atoms with Gasteiger partial charge in [-0.3, -0.25) is 0 Å². The molecule has 0 unspecified atom stereocenters. The molecule has 0 aromatic rings. The molecule has 0 aromatic carbocycles. The normalized spacial score (nSPS) is 33.0. The molecule has 2 N–H and O–H groups in total. The van der Waals surface area contributed by atoms with Gasteiger partial charge in [0.25, 0.3) is 0 Å². The Balaban J connectivity index is 2.47. The predicted molar refractivity (Wildman–Crippen MR) is 67.8 cm³/mol. The third-order valence-electron chi connectivity index (χ3n) is 4.17. The first kappa shape index (κ1) is 13.0. The van der Waals surface area contributed by atoms with Crippen LogP contribution in [0.4, 0.5) is 0 Å². The van der Waals surface area contributed by atoms with Crippen molar-refractivity contribution in [2.45, 2.75) is 66.2 Å². The lowest BCUT2D eigenvalue weighted by Crippen LogP contribution is -2.35. The highest BCUT2D eigenvalue weighted by Crippen LogP contribution is 2.43. The Labute approximate surface area is 95.8 Å². The minimum atomic E-state index is 0.464. The summed E-state index contributed by atoms with van der Waals surface area (Å²) in [5.41, 5.74) is 6.96. The van der Waals surface area contributed by atoms with Gasteiger partial charge in [-0.2, -0.15) is 0 Å². The Kier molecular flexibility index (Phi) is 4.22. The molecule has 1 fully saturated rings. The van der Waals surface area contributed by atoms with Crippen LogP contribution in [0, 0.1) is 16.7 Å². The average molecular weight is 211 g/mol. The third kappa shape index (κ3) is 4.14. The van der Waals surface area contributed by atoms with E-state index in [0.29, 0.717) is 10.8 Å². The molecule has 0 saturated heterocycles. The zero-order valence-electron chi connectivity index (χ0n) is 11.1. The second-order valence-electron chi connectivity index (χ2n) is 6.95. The van der Waals surface area contributed by atoms with Gasteiger partial charge in [0.1, 0.15) is 0 Å². The lowest BCUT2D eigenvalue weighted by molar-refractivity contribution is 0.130. The second-order valence-corrected chi connectivity index (χ2v) is 6.95. The summed E-state index contributed by atoms with van der Waals surface area (Å²) >= 11 is 0. The lowest BCUT2D eigenvalue weighted by atomic mass is 9.67. The largest absolute Gasteiger partial charge is 0.330 e. The molecule has 1 aliphatic rings. The monoisotopic (exact) mass is 211 g/mol. The van der Waals surface area contributed by atoms with Crippen LogP contribution in [-0.4, -0.2) is 6.54 Å². The van der Waals surface area contributed by atoms with Crippen molar-refractivity contribution in [1.82, 2.24) is 0 Å². The Morgan fingerprint density at radius 3 is 2.13 bits per heavy atom. The molecule has 0 radical (unpaired) electrons. The lowest BCUT2D eigenvalue weighted by Gasteiger charge is -2.40. The van der Waals surface area contributed by atoms with E-state index in [1.54, 1.807) is 0 Å². The van der Waals surface area contributed by atoms with Gasteiger partial charge < -0.3 is 5.73 Å². The van der Waals surface area contributed by atoms with Crippen molar-refractivity contribution in [3.8, 4) is 0 Å². The zero-order chi connectivity index (χ0) is 11.5. The van der Waals surface area contributed by atoms with Gasteiger partial charge in [-0.1, -0.05) is 40.5 Å². The Hall–Kier alpha value is -0.0400. The summed E-state index contributed by atoms with van der Waals surface area (Å²) in [7, 11) is 0. The number of hydrogen-bond acceptors (Lipinski definition) is 1. The molecule has 1 saturated carbocycles. The van der Waals surface area contributed by atoms with E-state index in [-0.39, 0.29) is 0 Å². The van der Waals surface area contributed by atoms with Crippen LogP contribution in [0.25, 0.3) is 0 Å². The van der Waals surface area contributed by atoms with E-state index in [2.05, 4.69) is 27.7 Å². The first-order chi connectivity index (χ1) is 6.87. The van der Waals surface area contributed by atoms with Crippen molar-refractivity contribution in [2.75, 3.05) is 6.54 Å². The topological polar surface area (TPSA) is 26.0 Å². The van der Waals surface area contributed by atoms with E-state index in [9.17, 15) is 0 Å². The van der Waals surface area contributed by atoms with Crippen molar-refractivity contribution in [3.05, 3.63) is 0 Å². The van der Waals surface area contributed by atoms with Crippen molar-refractivity contribution in [2.24, 2.45) is 22.5 Å². The Morgan fingerprint density at radius 1 is 1.20 bits per heavy atom. The molecule has 0 aromatic heterocycles. The van der Waals surface area contributed by atoms with Gasteiger partial charge in [0.15, 0.2) is 0 Å². The van der Waals surface area contributed by atoms with Crippen LogP contribution in [0.5, 0.6) is 0 Å². The molecule has 0 spiro atoms. The quantitative estimate of drug-likeness (QED) is 0.751. The molecule has 90 valence electrons. The fourth-order valence-corrected chi connectivity index (χ4v) is 2.57. The maximum Gasteiger partial charge on any atom is -0.00205 e. The molecular weight excluding hydrogens is 182 g/mol. The van der Waals surface area contributed by atoms with E-state index >= 15 is 0 Å². The minimum absolute atomic E-state index is 0.464.